The van der Waals surface area contributed by atoms with Gasteiger partial charge in [-0.05, 0) is 49.2 Å². The zero-order chi connectivity index (χ0) is 30.1. The molecule has 7 nitrogen and oxygen atoms in total. The molecule has 2 amide bonds. The van der Waals surface area contributed by atoms with Crippen LogP contribution in [-0.2, 0) is 16.1 Å². The van der Waals surface area contributed by atoms with Crippen LogP contribution in [0.4, 0.5) is 14.6 Å². The van der Waals surface area contributed by atoms with E-state index < -0.39 is 22.8 Å². The highest BCUT2D eigenvalue weighted by Crippen LogP contribution is 2.49. The van der Waals surface area contributed by atoms with Gasteiger partial charge in [-0.15, -0.1) is 11.8 Å². The van der Waals surface area contributed by atoms with E-state index in [-0.39, 0.29) is 30.3 Å². The zero-order valence-corrected chi connectivity index (χ0v) is 24.3. The summed E-state index contributed by atoms with van der Waals surface area (Å²) in [5.41, 5.74) is 4.75. The average molecular weight is 599 g/mol. The first-order chi connectivity index (χ1) is 20.8. The lowest BCUT2D eigenvalue weighted by Crippen LogP contribution is -2.42. The summed E-state index contributed by atoms with van der Waals surface area (Å²) in [7, 11) is 0. The van der Waals surface area contributed by atoms with Gasteiger partial charge in [0.25, 0.3) is 0 Å². The summed E-state index contributed by atoms with van der Waals surface area (Å²) < 4.78 is 36.4. The van der Waals surface area contributed by atoms with Gasteiger partial charge in [0, 0.05) is 22.8 Å². The first kappa shape index (κ1) is 28.4. The molecule has 43 heavy (non-hydrogen) atoms. The van der Waals surface area contributed by atoms with E-state index in [1.807, 2.05) is 62.4 Å². The largest absolute Gasteiger partial charge is 0.467 e. The van der Waals surface area contributed by atoms with Gasteiger partial charge < -0.3 is 9.73 Å². The molecule has 6 rings (SSSR count). The van der Waals surface area contributed by atoms with Crippen molar-refractivity contribution in [2.45, 2.75) is 25.6 Å². The van der Waals surface area contributed by atoms with Gasteiger partial charge in [0.15, 0.2) is 0 Å². The number of carbonyl (C=O) groups is 2. The Kier molecular flexibility index (Phi) is 7.86. The summed E-state index contributed by atoms with van der Waals surface area (Å²) in [6, 6.07) is 22.1. The van der Waals surface area contributed by atoms with Crippen molar-refractivity contribution in [3.05, 3.63) is 125 Å². The SMILES string of the molecule is Cc1cccc(-n2nc(-c3ccccc3)c3c2N(CC(=O)NCc2ccco2)C(=O)CS[C@@H]3c2ccc(F)cc2F)c1C. The summed E-state index contributed by atoms with van der Waals surface area (Å²) in [5, 5.41) is 7.14. The molecule has 0 spiro atoms. The lowest BCUT2D eigenvalue weighted by atomic mass is 9.99. The molecule has 0 fully saturated rings. The fraction of sp³-hybridized carbons (Fsp3) is 0.182. The molecule has 5 aromatic rings. The number of furan rings is 1. The molecule has 1 atom stereocenters. The van der Waals surface area contributed by atoms with Gasteiger partial charge in [-0.3, -0.25) is 14.5 Å². The smallest absolute Gasteiger partial charge is 0.240 e. The highest BCUT2D eigenvalue weighted by atomic mass is 32.2. The molecule has 0 saturated heterocycles. The van der Waals surface area contributed by atoms with Gasteiger partial charge in [-0.25, -0.2) is 13.5 Å². The number of rotatable bonds is 7. The van der Waals surface area contributed by atoms with Gasteiger partial charge in [-0.2, -0.15) is 5.10 Å². The molecule has 0 saturated carbocycles. The highest BCUT2D eigenvalue weighted by Gasteiger charge is 2.38. The molecular formula is C33H28F2N4O3S. The van der Waals surface area contributed by atoms with Crippen LogP contribution in [0.2, 0.25) is 0 Å². The topological polar surface area (TPSA) is 80.4 Å². The number of nitrogens with zero attached hydrogens (tertiary/aromatic N) is 3. The summed E-state index contributed by atoms with van der Waals surface area (Å²) in [4.78, 5) is 28.6. The number of carbonyl (C=O) groups excluding carboxylic acids is 2. The Bertz CT molecular complexity index is 1800. The maximum absolute atomic E-state index is 15.4. The number of thioether (sulfide) groups is 1. The van der Waals surface area contributed by atoms with Gasteiger partial charge in [-0.1, -0.05) is 48.5 Å². The minimum atomic E-state index is -0.723. The molecule has 2 aromatic heterocycles. The molecule has 3 aromatic carbocycles. The molecule has 0 radical (unpaired) electrons. The maximum atomic E-state index is 15.4. The fourth-order valence-electron chi connectivity index (χ4n) is 5.22. The van der Waals surface area contributed by atoms with Gasteiger partial charge in [0.1, 0.15) is 29.8 Å². The van der Waals surface area contributed by atoms with E-state index in [1.54, 1.807) is 16.8 Å². The van der Waals surface area contributed by atoms with Crippen molar-refractivity contribution in [1.82, 2.24) is 15.1 Å². The third-order valence-corrected chi connectivity index (χ3v) is 8.76. The van der Waals surface area contributed by atoms with Crippen molar-refractivity contribution >= 4 is 29.4 Å². The number of hydrogen-bond acceptors (Lipinski definition) is 5. The monoisotopic (exact) mass is 598 g/mol. The quantitative estimate of drug-likeness (QED) is 0.231. The second kappa shape index (κ2) is 11.9. The van der Waals surface area contributed by atoms with E-state index in [0.29, 0.717) is 22.8 Å². The maximum Gasteiger partial charge on any atom is 0.240 e. The Morgan fingerprint density at radius 1 is 1.05 bits per heavy atom. The van der Waals surface area contributed by atoms with Gasteiger partial charge in [0.05, 0.1) is 35.2 Å². The van der Waals surface area contributed by atoms with Crippen LogP contribution in [0, 0.1) is 25.5 Å². The number of anilines is 1. The van der Waals surface area contributed by atoms with Crippen LogP contribution in [0.15, 0.2) is 89.5 Å². The molecule has 218 valence electrons. The van der Waals surface area contributed by atoms with Crippen molar-refractivity contribution in [2.75, 3.05) is 17.2 Å². The van der Waals surface area contributed by atoms with Gasteiger partial charge >= 0.3 is 0 Å². The highest BCUT2D eigenvalue weighted by molar-refractivity contribution is 8.00. The lowest BCUT2D eigenvalue weighted by molar-refractivity contribution is -0.123. The standard InChI is InChI=1S/C33H28F2N4O3S/c1-20-8-6-12-27(21(20)2)39-33-30(31(37-39)22-9-4-3-5-10-22)32(25-14-13-23(34)16-26(25)35)43-19-29(41)38(33)18-28(40)36-17-24-11-7-15-42-24/h3-16,32H,17-19H2,1-2H3,(H,36,40)/t32-/m1/s1. The van der Waals surface area contributed by atoms with E-state index in [2.05, 4.69) is 5.32 Å². The number of fused-ring (bicyclic) bond motifs is 1. The minimum Gasteiger partial charge on any atom is -0.467 e. The Labute approximate surface area is 251 Å². The summed E-state index contributed by atoms with van der Waals surface area (Å²) in [6.07, 6.45) is 1.52. The van der Waals surface area contributed by atoms with Crippen LogP contribution in [0.5, 0.6) is 0 Å². The molecular weight excluding hydrogens is 570 g/mol. The fourth-order valence-corrected chi connectivity index (χ4v) is 6.44. The van der Waals surface area contributed by atoms with E-state index >= 15 is 4.39 Å². The molecule has 3 heterocycles. The minimum absolute atomic E-state index is 0.0390. The van der Waals surface area contributed by atoms with Crippen molar-refractivity contribution < 1.29 is 22.8 Å². The van der Waals surface area contributed by atoms with Crippen molar-refractivity contribution in [2.24, 2.45) is 0 Å². The second-order valence-corrected chi connectivity index (χ2v) is 11.4. The number of aromatic nitrogens is 2. The molecule has 10 heteroatoms. The van der Waals surface area contributed by atoms with Crippen LogP contribution in [0.25, 0.3) is 16.9 Å². The predicted molar refractivity (Wildman–Crippen MR) is 162 cm³/mol. The summed E-state index contributed by atoms with van der Waals surface area (Å²) >= 11 is 1.22. The van der Waals surface area contributed by atoms with E-state index in [0.717, 1.165) is 28.4 Å². The van der Waals surface area contributed by atoms with Crippen LogP contribution in [0.1, 0.15) is 33.3 Å². The first-order valence-corrected chi connectivity index (χ1v) is 14.8. The molecule has 1 aliphatic heterocycles. The Morgan fingerprint density at radius 2 is 1.86 bits per heavy atom. The van der Waals surface area contributed by atoms with Gasteiger partial charge in [0.2, 0.25) is 11.8 Å². The second-order valence-electron chi connectivity index (χ2n) is 10.3. The predicted octanol–water partition coefficient (Wildman–Crippen LogP) is 6.51. The average Bonchev–Trinajstić information content (AvgIpc) is 3.63. The number of aryl methyl sites for hydroxylation is 1. The third-order valence-electron chi connectivity index (χ3n) is 7.53. The number of benzene rings is 3. The Balaban J connectivity index is 1.58. The van der Waals surface area contributed by atoms with Crippen molar-refractivity contribution in [3.63, 3.8) is 0 Å². The normalized spacial score (nSPS) is 14.8. The van der Waals surface area contributed by atoms with Crippen LogP contribution < -0.4 is 10.2 Å². The lowest BCUT2D eigenvalue weighted by Gasteiger charge is -2.24. The van der Waals surface area contributed by atoms with Crippen molar-refractivity contribution in [1.29, 1.82) is 0 Å². The first-order valence-electron chi connectivity index (χ1n) is 13.7. The van der Waals surface area contributed by atoms with Crippen LogP contribution in [-0.4, -0.2) is 33.9 Å². The molecule has 0 unspecified atom stereocenters. The molecule has 1 aliphatic rings. The number of amides is 2. The molecule has 0 bridgehead atoms. The Hall–Kier alpha value is -4.70. The number of halogens is 2. The molecule has 0 aliphatic carbocycles. The van der Waals surface area contributed by atoms with E-state index in [9.17, 15) is 14.0 Å². The van der Waals surface area contributed by atoms with E-state index in [1.165, 1.54) is 35.1 Å². The number of hydrogen-bond donors (Lipinski definition) is 1. The van der Waals surface area contributed by atoms with Crippen LogP contribution in [0.3, 0.4) is 0 Å². The molecule has 1 N–H and O–H groups in total. The number of nitrogens with one attached hydrogen (secondary N) is 1. The zero-order valence-electron chi connectivity index (χ0n) is 23.5. The third kappa shape index (κ3) is 5.58. The Morgan fingerprint density at radius 3 is 2.60 bits per heavy atom. The van der Waals surface area contributed by atoms with Crippen LogP contribution >= 0.6 is 11.8 Å². The summed E-state index contributed by atoms with van der Waals surface area (Å²) in [6.45, 7) is 3.81. The summed E-state index contributed by atoms with van der Waals surface area (Å²) in [5.74, 6) is -1.25. The van der Waals surface area contributed by atoms with E-state index in [4.69, 9.17) is 9.52 Å². The van der Waals surface area contributed by atoms with Crippen molar-refractivity contribution in [3.8, 4) is 16.9 Å².